The van der Waals surface area contributed by atoms with Crippen molar-refractivity contribution in [3.8, 4) is 22.5 Å². The summed E-state index contributed by atoms with van der Waals surface area (Å²) in [7, 11) is 0. The number of hydrogen-bond donors (Lipinski definition) is 2. The molecule has 2 aromatic heterocycles. The van der Waals surface area contributed by atoms with Crippen LogP contribution in [0.25, 0.3) is 22.5 Å². The van der Waals surface area contributed by atoms with Gasteiger partial charge in [0.25, 0.3) is 0 Å². The molecular formula is C19H16N2O3. The minimum atomic E-state index is -0.148. The smallest absolute Gasteiger partial charge is 0.142 e. The molecule has 1 aliphatic carbocycles. The van der Waals surface area contributed by atoms with E-state index in [9.17, 15) is 5.11 Å². The Morgan fingerprint density at radius 2 is 1.83 bits per heavy atom. The number of aromatic nitrogens is 1. The molecule has 120 valence electrons. The molecule has 0 unspecified atom stereocenters. The third-order valence-corrected chi connectivity index (χ3v) is 4.36. The van der Waals surface area contributed by atoms with Crippen molar-refractivity contribution in [1.29, 1.82) is 0 Å². The summed E-state index contributed by atoms with van der Waals surface area (Å²) >= 11 is 0. The highest BCUT2D eigenvalue weighted by molar-refractivity contribution is 6.04. The van der Waals surface area contributed by atoms with Crippen LogP contribution < -0.4 is 0 Å². The van der Waals surface area contributed by atoms with Gasteiger partial charge in [-0.3, -0.25) is 4.98 Å². The van der Waals surface area contributed by atoms with E-state index in [1.54, 1.807) is 12.4 Å². The minimum absolute atomic E-state index is 0.148. The Balaban J connectivity index is 1.84. The molecule has 0 atom stereocenters. The van der Waals surface area contributed by atoms with Gasteiger partial charge >= 0.3 is 0 Å². The molecule has 0 amide bonds. The summed E-state index contributed by atoms with van der Waals surface area (Å²) in [5.74, 6) is 1.24. The van der Waals surface area contributed by atoms with E-state index in [0.29, 0.717) is 5.76 Å². The van der Waals surface area contributed by atoms with Gasteiger partial charge in [0.15, 0.2) is 0 Å². The standard InChI is InChI=1S/C19H16N2O3/c22-11-15-10-17(19(24-15)12-5-7-20-8-6-12)14-1-3-16-13(9-14)2-4-18(16)21-23/h1,3,5-10,22-23H,2,4,11H2. The first-order valence-electron chi connectivity index (χ1n) is 7.78. The Morgan fingerprint density at radius 3 is 2.58 bits per heavy atom. The van der Waals surface area contributed by atoms with Crippen LogP contribution in [0.4, 0.5) is 0 Å². The van der Waals surface area contributed by atoms with Gasteiger partial charge in [-0.25, -0.2) is 0 Å². The zero-order valence-corrected chi connectivity index (χ0v) is 12.9. The number of benzene rings is 1. The molecule has 3 aromatic rings. The Bertz CT molecular complexity index is 914. The molecule has 2 heterocycles. The molecule has 0 aliphatic heterocycles. The van der Waals surface area contributed by atoms with Gasteiger partial charge in [-0.2, -0.15) is 0 Å². The lowest BCUT2D eigenvalue weighted by Crippen LogP contribution is -1.93. The number of fused-ring (bicyclic) bond motifs is 1. The topological polar surface area (TPSA) is 78.9 Å². The predicted molar refractivity (Wildman–Crippen MR) is 89.9 cm³/mol. The molecule has 0 saturated heterocycles. The molecule has 1 aromatic carbocycles. The maximum absolute atomic E-state index is 9.44. The summed E-state index contributed by atoms with van der Waals surface area (Å²) in [6, 6.07) is 11.7. The molecule has 0 fully saturated rings. The number of nitrogens with zero attached hydrogens (tertiary/aromatic N) is 2. The molecule has 0 bridgehead atoms. The summed E-state index contributed by atoms with van der Waals surface area (Å²) < 4.78 is 5.82. The number of aryl methyl sites for hydroxylation is 1. The van der Waals surface area contributed by atoms with Crippen LogP contribution in [0.3, 0.4) is 0 Å². The Morgan fingerprint density at radius 1 is 1.00 bits per heavy atom. The Kier molecular flexibility index (Phi) is 3.63. The van der Waals surface area contributed by atoms with E-state index in [1.165, 1.54) is 0 Å². The maximum atomic E-state index is 9.44. The molecule has 4 rings (SSSR count). The first-order chi connectivity index (χ1) is 11.8. The maximum Gasteiger partial charge on any atom is 0.142 e. The van der Waals surface area contributed by atoms with Crippen molar-refractivity contribution in [1.82, 2.24) is 4.98 Å². The van der Waals surface area contributed by atoms with Crippen LogP contribution in [0, 0.1) is 0 Å². The zero-order valence-electron chi connectivity index (χ0n) is 12.9. The van der Waals surface area contributed by atoms with Crippen molar-refractivity contribution in [2.45, 2.75) is 19.4 Å². The van der Waals surface area contributed by atoms with Crippen LogP contribution in [-0.2, 0) is 13.0 Å². The molecule has 0 saturated carbocycles. The van der Waals surface area contributed by atoms with Crippen molar-refractivity contribution in [2.75, 3.05) is 0 Å². The second kappa shape index (κ2) is 5.94. The first kappa shape index (κ1) is 14.7. The highest BCUT2D eigenvalue weighted by atomic mass is 16.4. The third kappa shape index (κ3) is 2.39. The van der Waals surface area contributed by atoms with Crippen molar-refractivity contribution in [2.24, 2.45) is 5.16 Å². The summed E-state index contributed by atoms with van der Waals surface area (Å²) in [5.41, 5.74) is 5.75. The van der Waals surface area contributed by atoms with Crippen molar-refractivity contribution in [3.63, 3.8) is 0 Å². The highest BCUT2D eigenvalue weighted by Gasteiger charge is 2.21. The number of pyridine rings is 1. The fraction of sp³-hybridized carbons (Fsp3) is 0.158. The number of aliphatic hydroxyl groups excluding tert-OH is 1. The van der Waals surface area contributed by atoms with Crippen molar-refractivity contribution >= 4 is 5.71 Å². The van der Waals surface area contributed by atoms with E-state index < -0.39 is 0 Å². The van der Waals surface area contributed by atoms with Gasteiger partial charge in [0.2, 0.25) is 0 Å². The van der Waals surface area contributed by atoms with Crippen molar-refractivity contribution < 1.29 is 14.7 Å². The SMILES string of the molecule is OCc1cc(-c2ccc3c(c2)CCC3=NO)c(-c2ccncc2)o1. The summed E-state index contributed by atoms with van der Waals surface area (Å²) in [5, 5.41) is 21.9. The van der Waals surface area contributed by atoms with E-state index in [1.807, 2.05) is 30.3 Å². The lowest BCUT2D eigenvalue weighted by molar-refractivity contribution is 0.248. The number of furan rings is 1. The highest BCUT2D eigenvalue weighted by Crippen LogP contribution is 2.37. The van der Waals surface area contributed by atoms with Gasteiger partial charge in [0.1, 0.15) is 18.1 Å². The average Bonchev–Trinajstić information content (AvgIpc) is 3.25. The Labute approximate surface area is 138 Å². The van der Waals surface area contributed by atoms with Gasteiger partial charge in [-0.1, -0.05) is 23.4 Å². The molecule has 5 nitrogen and oxygen atoms in total. The van der Waals surface area contributed by atoms with Crippen LogP contribution in [0.15, 0.2) is 58.4 Å². The molecule has 0 spiro atoms. The van der Waals surface area contributed by atoms with Gasteiger partial charge in [-0.15, -0.1) is 0 Å². The van der Waals surface area contributed by atoms with Crippen LogP contribution in [0.1, 0.15) is 23.3 Å². The summed E-state index contributed by atoms with van der Waals surface area (Å²) in [4.78, 5) is 4.04. The van der Waals surface area contributed by atoms with Gasteiger partial charge in [0, 0.05) is 29.1 Å². The first-order valence-corrected chi connectivity index (χ1v) is 7.78. The monoisotopic (exact) mass is 320 g/mol. The summed E-state index contributed by atoms with van der Waals surface area (Å²) in [6.45, 7) is -0.148. The minimum Gasteiger partial charge on any atom is -0.458 e. The van der Waals surface area contributed by atoms with E-state index in [-0.39, 0.29) is 6.61 Å². The zero-order chi connectivity index (χ0) is 16.5. The van der Waals surface area contributed by atoms with Crippen LogP contribution in [0.5, 0.6) is 0 Å². The predicted octanol–water partition coefficient (Wildman–Crippen LogP) is 3.63. The van der Waals surface area contributed by atoms with E-state index in [2.05, 4.69) is 16.2 Å². The quantitative estimate of drug-likeness (QED) is 0.570. The largest absolute Gasteiger partial charge is 0.458 e. The van der Waals surface area contributed by atoms with Crippen LogP contribution in [-0.4, -0.2) is 21.0 Å². The lowest BCUT2D eigenvalue weighted by Gasteiger charge is -2.06. The lowest BCUT2D eigenvalue weighted by atomic mass is 9.98. The molecule has 0 radical (unpaired) electrons. The van der Waals surface area contributed by atoms with Gasteiger partial charge in [0.05, 0.1) is 5.71 Å². The molecule has 5 heteroatoms. The van der Waals surface area contributed by atoms with Crippen LogP contribution >= 0.6 is 0 Å². The normalized spacial score (nSPS) is 15.0. The van der Waals surface area contributed by atoms with E-state index in [4.69, 9.17) is 9.62 Å². The van der Waals surface area contributed by atoms with Crippen LogP contribution in [0.2, 0.25) is 0 Å². The van der Waals surface area contributed by atoms with E-state index >= 15 is 0 Å². The van der Waals surface area contributed by atoms with Gasteiger partial charge < -0.3 is 14.7 Å². The third-order valence-electron chi connectivity index (χ3n) is 4.36. The second-order valence-electron chi connectivity index (χ2n) is 5.77. The average molecular weight is 320 g/mol. The number of oxime groups is 1. The fourth-order valence-corrected chi connectivity index (χ4v) is 3.19. The molecule has 1 aliphatic rings. The van der Waals surface area contributed by atoms with Crippen molar-refractivity contribution in [3.05, 3.63) is 65.7 Å². The van der Waals surface area contributed by atoms with Gasteiger partial charge in [-0.05, 0) is 42.2 Å². The number of hydrogen-bond acceptors (Lipinski definition) is 5. The molecule has 24 heavy (non-hydrogen) atoms. The fourth-order valence-electron chi connectivity index (χ4n) is 3.19. The Hall–Kier alpha value is -2.92. The summed E-state index contributed by atoms with van der Waals surface area (Å²) in [6.07, 6.45) is 5.04. The second-order valence-corrected chi connectivity index (χ2v) is 5.77. The number of aliphatic hydroxyl groups is 1. The molecular weight excluding hydrogens is 304 g/mol. The molecule has 2 N–H and O–H groups in total. The number of rotatable bonds is 3. The van der Waals surface area contributed by atoms with E-state index in [0.717, 1.165) is 52.1 Å².